The first-order valence-electron chi connectivity index (χ1n) is 8.65. The van der Waals surface area contributed by atoms with E-state index in [9.17, 15) is 5.11 Å². The van der Waals surface area contributed by atoms with Crippen molar-refractivity contribution in [3.8, 4) is 0 Å². The first-order chi connectivity index (χ1) is 9.91. The first kappa shape index (κ1) is 18.2. The van der Waals surface area contributed by atoms with Crippen LogP contribution in [0.5, 0.6) is 0 Å². The fraction of sp³-hybridized carbons (Fsp3) is 1.00. The molecule has 0 aromatic carbocycles. The summed E-state index contributed by atoms with van der Waals surface area (Å²) in [5, 5.41) is 10.1. The minimum absolute atomic E-state index is 0.0701. The molecule has 1 N–H and O–H groups in total. The summed E-state index contributed by atoms with van der Waals surface area (Å²) in [4.78, 5) is 2.44. The maximum atomic E-state index is 10.1. The van der Waals surface area contributed by atoms with Crippen LogP contribution in [0.3, 0.4) is 0 Å². The molecular formula is C18H35NO3. The molecule has 2 aliphatic heterocycles. The zero-order chi connectivity index (χ0) is 16.8. The number of ether oxygens (including phenoxy) is 2. The average molecular weight is 313 g/mol. The van der Waals surface area contributed by atoms with Crippen molar-refractivity contribution in [2.75, 3.05) is 19.8 Å². The van der Waals surface area contributed by atoms with Gasteiger partial charge >= 0.3 is 0 Å². The maximum absolute atomic E-state index is 10.1. The van der Waals surface area contributed by atoms with E-state index >= 15 is 0 Å². The number of nitrogens with zero attached hydrogens (tertiary/aromatic N) is 1. The number of piperidine rings is 1. The van der Waals surface area contributed by atoms with Crippen molar-refractivity contribution in [1.82, 2.24) is 4.90 Å². The Bertz CT molecular complexity index is 373. The van der Waals surface area contributed by atoms with Crippen molar-refractivity contribution in [3.63, 3.8) is 0 Å². The number of likely N-dealkylation sites (tertiary alicyclic amines) is 1. The Morgan fingerprint density at radius 2 is 1.41 bits per heavy atom. The third-order valence-electron chi connectivity index (χ3n) is 5.18. The van der Waals surface area contributed by atoms with Gasteiger partial charge in [-0.25, -0.2) is 0 Å². The molecule has 2 saturated heterocycles. The van der Waals surface area contributed by atoms with E-state index in [0.717, 1.165) is 32.5 Å². The molecule has 0 radical (unpaired) electrons. The highest BCUT2D eigenvalue weighted by atomic mass is 16.7. The fourth-order valence-electron chi connectivity index (χ4n) is 4.17. The van der Waals surface area contributed by atoms with Crippen LogP contribution in [0.25, 0.3) is 0 Å². The van der Waals surface area contributed by atoms with Crippen LogP contribution in [-0.4, -0.2) is 52.7 Å². The van der Waals surface area contributed by atoms with Gasteiger partial charge in [0.1, 0.15) is 0 Å². The number of hydrogen-bond donors (Lipinski definition) is 1. The normalized spacial score (nSPS) is 31.1. The van der Waals surface area contributed by atoms with E-state index in [-0.39, 0.29) is 22.6 Å². The molecule has 4 heteroatoms. The van der Waals surface area contributed by atoms with E-state index in [1.165, 1.54) is 0 Å². The molecule has 0 amide bonds. The summed E-state index contributed by atoms with van der Waals surface area (Å²) in [5.41, 5.74) is -0.0478. The van der Waals surface area contributed by atoms with E-state index in [1.807, 2.05) is 6.92 Å². The van der Waals surface area contributed by atoms with Gasteiger partial charge in [0.15, 0.2) is 5.79 Å². The minimum Gasteiger partial charge on any atom is -0.392 e. The molecule has 0 aliphatic carbocycles. The van der Waals surface area contributed by atoms with Crippen LogP contribution >= 0.6 is 0 Å². The maximum Gasteiger partial charge on any atom is 0.171 e. The van der Waals surface area contributed by atoms with Gasteiger partial charge in [0.25, 0.3) is 0 Å². The van der Waals surface area contributed by atoms with Crippen LogP contribution < -0.4 is 0 Å². The molecule has 0 bridgehead atoms. The number of hydrogen-bond acceptors (Lipinski definition) is 4. The third-order valence-corrected chi connectivity index (χ3v) is 5.18. The van der Waals surface area contributed by atoms with Gasteiger partial charge < -0.3 is 14.6 Å². The summed E-state index contributed by atoms with van der Waals surface area (Å²) in [6.45, 7) is 17.6. The lowest BCUT2D eigenvalue weighted by Crippen LogP contribution is -2.69. The van der Waals surface area contributed by atoms with Crippen LogP contribution in [0.15, 0.2) is 0 Å². The predicted molar refractivity (Wildman–Crippen MR) is 88.8 cm³/mol. The molecule has 2 heterocycles. The van der Waals surface area contributed by atoms with Gasteiger partial charge in [0.2, 0.25) is 0 Å². The summed E-state index contributed by atoms with van der Waals surface area (Å²) in [6, 6.07) is 0. The average Bonchev–Trinajstić information content (AvgIpc) is 2.37. The fourth-order valence-corrected chi connectivity index (χ4v) is 4.17. The number of rotatable bonds is 3. The molecule has 22 heavy (non-hydrogen) atoms. The third kappa shape index (κ3) is 3.66. The molecular weight excluding hydrogens is 278 g/mol. The standard InChI is InChI=1S/C18H35NO3/c1-8-14(20)9-19-16(4,5)10-18(11-17(19,6)7)21-12-15(2,3)13-22-18/h14,20H,8-13H2,1-7H3. The molecule has 130 valence electrons. The molecule has 1 unspecified atom stereocenters. The lowest BCUT2D eigenvalue weighted by Gasteiger charge is -2.60. The lowest BCUT2D eigenvalue weighted by atomic mass is 9.75. The van der Waals surface area contributed by atoms with Crippen molar-refractivity contribution >= 4 is 0 Å². The van der Waals surface area contributed by atoms with Crippen LogP contribution in [0.4, 0.5) is 0 Å². The summed E-state index contributed by atoms with van der Waals surface area (Å²) < 4.78 is 12.5. The molecule has 4 nitrogen and oxygen atoms in total. The van der Waals surface area contributed by atoms with Gasteiger partial charge in [0.05, 0.1) is 19.3 Å². The highest BCUT2D eigenvalue weighted by Gasteiger charge is 2.55. The minimum atomic E-state index is -0.476. The molecule has 2 fully saturated rings. The Labute approximate surface area is 136 Å². The summed E-state index contributed by atoms with van der Waals surface area (Å²) in [7, 11) is 0. The number of aliphatic hydroxyl groups excluding tert-OH is 1. The van der Waals surface area contributed by atoms with Crippen molar-refractivity contribution in [2.24, 2.45) is 5.41 Å². The molecule has 2 rings (SSSR count). The topological polar surface area (TPSA) is 41.9 Å². The Hall–Kier alpha value is -0.160. The second-order valence-corrected chi connectivity index (χ2v) is 9.30. The van der Waals surface area contributed by atoms with Crippen LogP contribution in [-0.2, 0) is 9.47 Å². The van der Waals surface area contributed by atoms with Crippen LogP contribution in [0.2, 0.25) is 0 Å². The number of β-amino-alcohol motifs (C(OH)–C–C–N with tert-alkyl or cyclic N) is 1. The van der Waals surface area contributed by atoms with Crippen molar-refractivity contribution in [2.45, 2.75) is 90.7 Å². The monoisotopic (exact) mass is 313 g/mol. The van der Waals surface area contributed by atoms with Gasteiger partial charge in [-0.1, -0.05) is 20.8 Å². The summed E-state index contributed by atoms with van der Waals surface area (Å²) >= 11 is 0. The quantitative estimate of drug-likeness (QED) is 0.869. The van der Waals surface area contributed by atoms with Gasteiger partial charge in [-0.15, -0.1) is 0 Å². The molecule has 2 aliphatic rings. The molecule has 0 saturated carbocycles. The van der Waals surface area contributed by atoms with Crippen molar-refractivity contribution < 1.29 is 14.6 Å². The lowest BCUT2D eigenvalue weighted by molar-refractivity contribution is -0.339. The zero-order valence-electron chi connectivity index (χ0n) is 15.5. The SMILES string of the molecule is CCC(O)CN1C(C)(C)CC2(CC1(C)C)OCC(C)(C)CO2. The van der Waals surface area contributed by atoms with Crippen LogP contribution in [0, 0.1) is 5.41 Å². The van der Waals surface area contributed by atoms with E-state index in [4.69, 9.17) is 9.47 Å². The Morgan fingerprint density at radius 1 is 0.955 bits per heavy atom. The summed E-state index contributed by atoms with van der Waals surface area (Å²) in [6.07, 6.45) is 2.20. The first-order valence-corrected chi connectivity index (χ1v) is 8.65. The van der Waals surface area contributed by atoms with Crippen LogP contribution in [0.1, 0.15) is 67.7 Å². The van der Waals surface area contributed by atoms with Gasteiger partial charge in [0, 0.05) is 35.9 Å². The van der Waals surface area contributed by atoms with E-state index < -0.39 is 5.79 Å². The van der Waals surface area contributed by atoms with Gasteiger partial charge in [-0.05, 0) is 34.1 Å². The highest BCUT2D eigenvalue weighted by molar-refractivity contribution is 5.05. The Balaban J connectivity index is 2.19. The second kappa shape index (κ2) is 5.73. The zero-order valence-corrected chi connectivity index (χ0v) is 15.5. The highest BCUT2D eigenvalue weighted by Crippen LogP contribution is 2.48. The smallest absolute Gasteiger partial charge is 0.171 e. The van der Waals surface area contributed by atoms with Crippen molar-refractivity contribution in [3.05, 3.63) is 0 Å². The Kier molecular flexibility index (Phi) is 4.73. The molecule has 0 aromatic heterocycles. The van der Waals surface area contributed by atoms with E-state index in [0.29, 0.717) is 6.54 Å². The molecule has 1 atom stereocenters. The largest absolute Gasteiger partial charge is 0.392 e. The van der Waals surface area contributed by atoms with Crippen molar-refractivity contribution in [1.29, 1.82) is 0 Å². The predicted octanol–water partition coefficient (Wildman–Crippen LogP) is 3.18. The van der Waals surface area contributed by atoms with E-state index in [2.05, 4.69) is 46.4 Å². The summed E-state index contributed by atoms with van der Waals surface area (Å²) in [5.74, 6) is -0.476. The number of aliphatic hydroxyl groups is 1. The second-order valence-electron chi connectivity index (χ2n) is 9.30. The van der Waals surface area contributed by atoms with E-state index in [1.54, 1.807) is 0 Å². The van der Waals surface area contributed by atoms with Gasteiger partial charge in [-0.3, -0.25) is 4.90 Å². The molecule has 1 spiro atoms. The van der Waals surface area contributed by atoms with Gasteiger partial charge in [-0.2, -0.15) is 0 Å². The molecule has 0 aromatic rings. The Morgan fingerprint density at radius 3 is 1.82 bits per heavy atom.